The minimum absolute atomic E-state index is 0.114. The van der Waals surface area contributed by atoms with Gasteiger partial charge in [0.05, 0.1) is 22.8 Å². The van der Waals surface area contributed by atoms with Crippen molar-refractivity contribution in [2.24, 2.45) is 5.41 Å². The summed E-state index contributed by atoms with van der Waals surface area (Å²) in [6.07, 6.45) is 10.4. The number of nitriles is 1. The van der Waals surface area contributed by atoms with Gasteiger partial charge >= 0.3 is 5.97 Å². The Hall–Kier alpha value is -4.47. The molecule has 2 saturated heterocycles. The van der Waals surface area contributed by atoms with Crippen molar-refractivity contribution in [1.29, 1.82) is 5.26 Å². The topological polar surface area (TPSA) is 105 Å². The number of carbonyl (C=O) groups is 1. The Morgan fingerprint density at radius 2 is 1.59 bits per heavy atom. The van der Waals surface area contributed by atoms with Gasteiger partial charge in [-0.1, -0.05) is 53.5 Å². The van der Waals surface area contributed by atoms with E-state index in [1.54, 1.807) is 12.3 Å². The van der Waals surface area contributed by atoms with Crippen LogP contribution in [-0.2, 0) is 40.5 Å². The summed E-state index contributed by atoms with van der Waals surface area (Å²) in [6.45, 7) is 17.9. The monoisotopic (exact) mass is 892 g/mol. The lowest BCUT2D eigenvalue weighted by Crippen LogP contribution is -2.45. The van der Waals surface area contributed by atoms with Gasteiger partial charge in [0.25, 0.3) is 0 Å². The van der Waals surface area contributed by atoms with Gasteiger partial charge in [-0.3, -0.25) is 20.0 Å². The first-order valence-corrected chi connectivity index (χ1v) is 22.9. The summed E-state index contributed by atoms with van der Waals surface area (Å²) in [5, 5.41) is 15.3. The van der Waals surface area contributed by atoms with E-state index in [1.165, 1.54) is 45.0 Å². The number of pyridine rings is 1. The minimum atomic E-state index is -0.748. The number of hydrogen-bond donors (Lipinski definition) is 1. The molecule has 2 fully saturated rings. The van der Waals surface area contributed by atoms with Crippen molar-refractivity contribution >= 4 is 40.1 Å². The fraction of sp³-hybridized carbons (Fsp3) is 0.471. The van der Waals surface area contributed by atoms with Crippen molar-refractivity contribution in [3.05, 3.63) is 117 Å². The maximum atomic E-state index is 13.4. The maximum absolute atomic E-state index is 13.4. The van der Waals surface area contributed by atoms with E-state index in [2.05, 4.69) is 86.4 Å². The number of hydrogen-bond acceptors (Lipinski definition) is 9. The fourth-order valence-electron chi connectivity index (χ4n) is 8.68. The SMILES string of the molecule is CN1CCC2(CC1)CCN(Cc1cccc(-c3cccc4c3ccn4Cc3cc(OCc4cncc(C#N)c4)c(CN[C@@H](COC(C)(C)C)C(=O)OC(C)(C)C)cc3Cl)c1Cl)CC2. The molecule has 1 atom stereocenters. The van der Waals surface area contributed by atoms with Crippen molar-refractivity contribution in [1.82, 2.24) is 24.7 Å². The quantitative estimate of drug-likeness (QED) is 0.109. The summed E-state index contributed by atoms with van der Waals surface area (Å²) in [7, 11) is 2.24. The van der Waals surface area contributed by atoms with Crippen molar-refractivity contribution in [3.63, 3.8) is 0 Å². The molecule has 1 spiro atoms. The lowest BCUT2D eigenvalue weighted by Gasteiger charge is -2.46. The van der Waals surface area contributed by atoms with Crippen LogP contribution in [0.5, 0.6) is 5.75 Å². The van der Waals surface area contributed by atoms with Gasteiger partial charge in [0.1, 0.15) is 30.1 Å². The molecule has 0 amide bonds. The van der Waals surface area contributed by atoms with Gasteiger partial charge in [-0.25, -0.2) is 0 Å². The van der Waals surface area contributed by atoms with E-state index in [0.717, 1.165) is 68.9 Å². The molecule has 4 heterocycles. The molecule has 0 bridgehead atoms. The first-order valence-electron chi connectivity index (χ1n) is 22.1. The number of aromatic nitrogens is 2. The van der Waals surface area contributed by atoms with Crippen LogP contribution in [0.1, 0.15) is 95.0 Å². The number of fused-ring (bicyclic) bond motifs is 1. The molecular weight excluding hydrogens is 832 g/mol. The molecule has 0 aliphatic carbocycles. The minimum Gasteiger partial charge on any atom is -0.489 e. The van der Waals surface area contributed by atoms with E-state index in [4.69, 9.17) is 37.4 Å². The van der Waals surface area contributed by atoms with E-state index in [1.807, 2.05) is 53.7 Å². The molecule has 334 valence electrons. The molecule has 2 aliphatic rings. The highest BCUT2D eigenvalue weighted by Gasteiger charge is 2.37. The molecule has 0 saturated carbocycles. The van der Waals surface area contributed by atoms with Crippen LogP contribution in [0.3, 0.4) is 0 Å². The summed E-state index contributed by atoms with van der Waals surface area (Å²) in [4.78, 5) is 22.6. The van der Waals surface area contributed by atoms with Crippen LogP contribution in [-0.4, -0.2) is 82.4 Å². The lowest BCUT2D eigenvalue weighted by atomic mass is 9.71. The molecule has 0 unspecified atom stereocenters. The first kappa shape index (κ1) is 46.5. The molecule has 3 aromatic carbocycles. The molecule has 1 N–H and O–H groups in total. The summed E-state index contributed by atoms with van der Waals surface area (Å²) in [5.41, 5.74) is 6.49. The van der Waals surface area contributed by atoms with E-state index >= 15 is 0 Å². The Bertz CT molecular complexity index is 2430. The second-order valence-corrected chi connectivity index (χ2v) is 20.2. The third-order valence-corrected chi connectivity index (χ3v) is 13.1. The van der Waals surface area contributed by atoms with Gasteiger partial charge in [0.15, 0.2) is 0 Å². The second-order valence-electron chi connectivity index (χ2n) is 19.5. The normalized spacial score (nSPS) is 16.6. The van der Waals surface area contributed by atoms with Crippen LogP contribution < -0.4 is 10.1 Å². The number of carbonyl (C=O) groups excluding carboxylic acids is 1. The Labute approximate surface area is 383 Å². The van der Waals surface area contributed by atoms with Crippen molar-refractivity contribution in [2.45, 2.75) is 111 Å². The third-order valence-electron chi connectivity index (χ3n) is 12.3. The highest BCUT2D eigenvalue weighted by atomic mass is 35.5. The first-order chi connectivity index (χ1) is 30.0. The number of nitrogens with zero attached hydrogens (tertiary/aromatic N) is 5. The second kappa shape index (κ2) is 19.7. The van der Waals surface area contributed by atoms with Gasteiger partial charge in [-0.2, -0.15) is 5.26 Å². The Morgan fingerprint density at radius 1 is 0.873 bits per heavy atom. The zero-order valence-electron chi connectivity index (χ0n) is 37.9. The molecule has 7 rings (SSSR count). The van der Waals surface area contributed by atoms with E-state index < -0.39 is 23.2 Å². The van der Waals surface area contributed by atoms with E-state index in [-0.39, 0.29) is 19.8 Å². The van der Waals surface area contributed by atoms with Crippen molar-refractivity contribution in [3.8, 4) is 22.9 Å². The fourth-order valence-corrected chi connectivity index (χ4v) is 9.21. The number of halogens is 2. The molecule has 2 aliphatic heterocycles. The number of piperidine rings is 2. The largest absolute Gasteiger partial charge is 0.489 e. The zero-order valence-corrected chi connectivity index (χ0v) is 39.4. The molecule has 0 radical (unpaired) electrons. The third kappa shape index (κ3) is 12.0. The van der Waals surface area contributed by atoms with Crippen LogP contribution in [0, 0.1) is 16.7 Å². The average molecular weight is 894 g/mol. The standard InChI is InChI=1S/C51H62Cl2N6O4/c1-49(2,3)62-34-44(48(60)63-50(4,5)6)56-30-38-25-43(52)39(26-46(38)61-33-36-24-35(27-54)28-55-29-36)32-59-19-14-41-40(11-9-13-45(41)59)42-12-8-10-37(47(42)53)31-58-22-17-51(18-23-58)15-20-57(7)21-16-51/h8-14,19,24-26,28-29,44,56H,15-18,20-23,30-34H2,1-7H3/t44-/m0/s1. The van der Waals surface area contributed by atoms with Crippen LogP contribution in [0.2, 0.25) is 10.0 Å². The molecule has 5 aromatic rings. The zero-order chi connectivity index (χ0) is 44.9. The van der Waals surface area contributed by atoms with Crippen molar-refractivity contribution in [2.75, 3.05) is 39.8 Å². The van der Waals surface area contributed by atoms with Crippen LogP contribution in [0.15, 0.2) is 79.3 Å². The van der Waals surface area contributed by atoms with Crippen LogP contribution in [0.25, 0.3) is 22.0 Å². The lowest BCUT2D eigenvalue weighted by molar-refractivity contribution is -0.160. The average Bonchev–Trinajstić information content (AvgIpc) is 3.65. The molecule has 63 heavy (non-hydrogen) atoms. The number of rotatable bonds is 14. The van der Waals surface area contributed by atoms with E-state index in [0.29, 0.717) is 28.3 Å². The molecule has 10 nitrogen and oxygen atoms in total. The highest BCUT2D eigenvalue weighted by Crippen LogP contribution is 2.42. The van der Waals surface area contributed by atoms with Gasteiger partial charge in [0, 0.05) is 70.8 Å². The predicted octanol–water partition coefficient (Wildman–Crippen LogP) is 10.4. The highest BCUT2D eigenvalue weighted by molar-refractivity contribution is 6.34. The summed E-state index contributed by atoms with van der Waals surface area (Å²) in [6, 6.07) is 21.9. The Kier molecular flexibility index (Phi) is 14.6. The Balaban J connectivity index is 1.13. The van der Waals surface area contributed by atoms with Crippen LogP contribution in [0.4, 0.5) is 0 Å². The number of likely N-dealkylation sites (tertiary alicyclic amines) is 2. The van der Waals surface area contributed by atoms with E-state index in [9.17, 15) is 10.1 Å². The summed E-state index contributed by atoms with van der Waals surface area (Å²) >= 11 is 14.4. The molecular formula is C51H62Cl2N6O4. The van der Waals surface area contributed by atoms with Gasteiger partial charge < -0.3 is 23.7 Å². The summed E-state index contributed by atoms with van der Waals surface area (Å²) < 4.78 is 20.5. The number of nitrogens with one attached hydrogen (secondary N) is 1. The van der Waals surface area contributed by atoms with Crippen molar-refractivity contribution < 1.29 is 19.0 Å². The summed E-state index contributed by atoms with van der Waals surface area (Å²) in [5.74, 6) is 0.172. The maximum Gasteiger partial charge on any atom is 0.326 e. The number of ether oxygens (including phenoxy) is 3. The number of esters is 1. The molecule has 12 heteroatoms. The van der Waals surface area contributed by atoms with Crippen LogP contribution >= 0.6 is 23.2 Å². The van der Waals surface area contributed by atoms with Gasteiger partial charge in [0.2, 0.25) is 0 Å². The smallest absolute Gasteiger partial charge is 0.326 e. The molecule has 2 aromatic heterocycles. The van der Waals surface area contributed by atoms with Gasteiger partial charge in [-0.15, -0.1) is 0 Å². The van der Waals surface area contributed by atoms with Gasteiger partial charge in [-0.05, 0) is 153 Å². The predicted molar refractivity (Wildman–Crippen MR) is 252 cm³/mol. The number of benzene rings is 3. The Morgan fingerprint density at radius 3 is 2.30 bits per heavy atom.